The van der Waals surface area contributed by atoms with E-state index in [1.54, 1.807) is 6.07 Å². The standard InChI is InChI=1S/C17H17FO2/c1-12-6-7-14(18)10-17(12)20-11-13-8-9-19-16-5-3-2-4-15(13)16/h2-7,10,13H,8-9,11H2,1H3. The van der Waals surface area contributed by atoms with Crippen LogP contribution < -0.4 is 9.47 Å². The van der Waals surface area contributed by atoms with Gasteiger partial charge in [0.05, 0.1) is 13.2 Å². The summed E-state index contributed by atoms with van der Waals surface area (Å²) in [7, 11) is 0. The summed E-state index contributed by atoms with van der Waals surface area (Å²) >= 11 is 0. The Hall–Kier alpha value is -2.03. The summed E-state index contributed by atoms with van der Waals surface area (Å²) in [5.74, 6) is 1.58. The monoisotopic (exact) mass is 272 g/mol. The first kappa shape index (κ1) is 13.0. The Balaban J connectivity index is 1.75. The number of fused-ring (bicyclic) bond motifs is 1. The molecule has 0 saturated carbocycles. The fourth-order valence-corrected chi connectivity index (χ4v) is 2.51. The van der Waals surface area contributed by atoms with Crippen molar-refractivity contribution in [1.29, 1.82) is 0 Å². The molecule has 1 aliphatic rings. The maximum absolute atomic E-state index is 13.3. The number of hydrogen-bond donors (Lipinski definition) is 0. The Morgan fingerprint density at radius 2 is 2.10 bits per heavy atom. The highest BCUT2D eigenvalue weighted by Gasteiger charge is 2.21. The van der Waals surface area contributed by atoms with Crippen LogP contribution in [0.25, 0.3) is 0 Å². The minimum absolute atomic E-state index is 0.266. The van der Waals surface area contributed by atoms with Gasteiger partial charge in [-0.2, -0.15) is 0 Å². The lowest BCUT2D eigenvalue weighted by atomic mass is 9.94. The van der Waals surface area contributed by atoms with E-state index in [1.807, 2.05) is 25.1 Å². The molecule has 2 nitrogen and oxygen atoms in total. The van der Waals surface area contributed by atoms with Crippen LogP contribution in [0.1, 0.15) is 23.5 Å². The molecule has 1 unspecified atom stereocenters. The third-order valence-electron chi connectivity index (χ3n) is 3.67. The van der Waals surface area contributed by atoms with Crippen LogP contribution in [0.3, 0.4) is 0 Å². The lowest BCUT2D eigenvalue weighted by molar-refractivity contribution is 0.216. The minimum atomic E-state index is -0.266. The molecule has 2 aromatic carbocycles. The van der Waals surface area contributed by atoms with E-state index in [0.717, 1.165) is 17.7 Å². The average Bonchev–Trinajstić information content (AvgIpc) is 2.48. The third kappa shape index (κ3) is 2.62. The Labute approximate surface area is 118 Å². The van der Waals surface area contributed by atoms with Gasteiger partial charge in [0.2, 0.25) is 0 Å². The Kier molecular flexibility index (Phi) is 3.59. The Morgan fingerprint density at radius 1 is 1.25 bits per heavy atom. The second-order valence-electron chi connectivity index (χ2n) is 5.09. The zero-order valence-electron chi connectivity index (χ0n) is 11.4. The van der Waals surface area contributed by atoms with Gasteiger partial charge < -0.3 is 9.47 Å². The molecule has 0 fully saturated rings. The van der Waals surface area contributed by atoms with E-state index >= 15 is 0 Å². The predicted molar refractivity (Wildman–Crippen MR) is 75.9 cm³/mol. The predicted octanol–water partition coefficient (Wildman–Crippen LogP) is 4.08. The van der Waals surface area contributed by atoms with Gasteiger partial charge in [-0.15, -0.1) is 0 Å². The second-order valence-corrected chi connectivity index (χ2v) is 5.09. The highest BCUT2D eigenvalue weighted by atomic mass is 19.1. The quantitative estimate of drug-likeness (QED) is 0.838. The highest BCUT2D eigenvalue weighted by molar-refractivity contribution is 5.38. The van der Waals surface area contributed by atoms with Crippen molar-refractivity contribution in [3.8, 4) is 11.5 Å². The molecule has 3 heteroatoms. The van der Waals surface area contributed by atoms with Crippen molar-refractivity contribution in [2.75, 3.05) is 13.2 Å². The summed E-state index contributed by atoms with van der Waals surface area (Å²) < 4.78 is 24.7. The first-order valence-corrected chi connectivity index (χ1v) is 6.85. The van der Waals surface area contributed by atoms with Gasteiger partial charge in [0.15, 0.2) is 0 Å². The summed E-state index contributed by atoms with van der Waals surface area (Å²) in [6.07, 6.45) is 0.922. The molecule has 0 N–H and O–H groups in total. The summed E-state index contributed by atoms with van der Waals surface area (Å²) in [4.78, 5) is 0. The van der Waals surface area contributed by atoms with Gasteiger partial charge in [-0.25, -0.2) is 4.39 Å². The lowest BCUT2D eigenvalue weighted by Crippen LogP contribution is -2.19. The van der Waals surface area contributed by atoms with Crippen LogP contribution in [-0.2, 0) is 0 Å². The van der Waals surface area contributed by atoms with E-state index in [2.05, 4.69) is 6.07 Å². The number of halogens is 1. The lowest BCUT2D eigenvalue weighted by Gasteiger charge is -2.26. The summed E-state index contributed by atoms with van der Waals surface area (Å²) in [5, 5.41) is 0. The molecule has 0 saturated heterocycles. The molecular formula is C17H17FO2. The van der Waals surface area contributed by atoms with Crippen molar-refractivity contribution in [2.45, 2.75) is 19.3 Å². The summed E-state index contributed by atoms with van der Waals surface area (Å²) in [6.45, 7) is 3.17. The van der Waals surface area contributed by atoms with E-state index in [4.69, 9.17) is 9.47 Å². The fourth-order valence-electron chi connectivity index (χ4n) is 2.51. The van der Waals surface area contributed by atoms with Gasteiger partial charge in [-0.1, -0.05) is 24.3 Å². The van der Waals surface area contributed by atoms with E-state index in [0.29, 0.717) is 24.9 Å². The van der Waals surface area contributed by atoms with Crippen LogP contribution in [0.5, 0.6) is 11.5 Å². The molecule has 3 rings (SSSR count). The molecular weight excluding hydrogens is 255 g/mol. The van der Waals surface area contributed by atoms with Gasteiger partial charge >= 0.3 is 0 Å². The second kappa shape index (κ2) is 5.53. The van der Waals surface area contributed by atoms with Gasteiger partial charge in [-0.3, -0.25) is 0 Å². The van der Waals surface area contributed by atoms with E-state index in [-0.39, 0.29) is 5.82 Å². The van der Waals surface area contributed by atoms with Crippen LogP contribution in [0.4, 0.5) is 4.39 Å². The Morgan fingerprint density at radius 3 is 3.00 bits per heavy atom. The van der Waals surface area contributed by atoms with Crippen LogP contribution in [0, 0.1) is 12.7 Å². The number of rotatable bonds is 3. The topological polar surface area (TPSA) is 18.5 Å². The highest BCUT2D eigenvalue weighted by Crippen LogP contribution is 2.34. The zero-order valence-corrected chi connectivity index (χ0v) is 11.4. The van der Waals surface area contributed by atoms with Gasteiger partial charge in [0, 0.05) is 17.5 Å². The van der Waals surface area contributed by atoms with Crippen molar-refractivity contribution < 1.29 is 13.9 Å². The maximum atomic E-state index is 13.3. The van der Waals surface area contributed by atoms with Crippen LogP contribution in [0.15, 0.2) is 42.5 Å². The van der Waals surface area contributed by atoms with Crippen molar-refractivity contribution in [1.82, 2.24) is 0 Å². The molecule has 0 aromatic heterocycles. The normalized spacial score (nSPS) is 17.2. The summed E-state index contributed by atoms with van der Waals surface area (Å²) in [5.41, 5.74) is 2.12. The van der Waals surface area contributed by atoms with Gasteiger partial charge in [0.25, 0.3) is 0 Å². The number of ether oxygens (including phenoxy) is 2. The average molecular weight is 272 g/mol. The molecule has 2 aromatic rings. The third-order valence-corrected chi connectivity index (χ3v) is 3.67. The van der Waals surface area contributed by atoms with E-state index in [1.165, 1.54) is 17.7 Å². The number of benzene rings is 2. The minimum Gasteiger partial charge on any atom is -0.493 e. The molecule has 0 aliphatic carbocycles. The molecule has 20 heavy (non-hydrogen) atoms. The van der Waals surface area contributed by atoms with Crippen LogP contribution >= 0.6 is 0 Å². The first-order chi connectivity index (χ1) is 9.74. The molecule has 1 atom stereocenters. The molecule has 0 bridgehead atoms. The van der Waals surface area contributed by atoms with Gasteiger partial charge in [-0.05, 0) is 31.0 Å². The number of aryl methyl sites for hydroxylation is 1. The molecule has 104 valence electrons. The van der Waals surface area contributed by atoms with Crippen molar-refractivity contribution in [3.63, 3.8) is 0 Å². The SMILES string of the molecule is Cc1ccc(F)cc1OCC1CCOc2ccccc21. The smallest absolute Gasteiger partial charge is 0.126 e. The van der Waals surface area contributed by atoms with E-state index < -0.39 is 0 Å². The fraction of sp³-hybridized carbons (Fsp3) is 0.294. The molecule has 0 spiro atoms. The molecule has 0 amide bonds. The van der Waals surface area contributed by atoms with Crippen molar-refractivity contribution >= 4 is 0 Å². The first-order valence-electron chi connectivity index (χ1n) is 6.85. The summed E-state index contributed by atoms with van der Waals surface area (Å²) in [6, 6.07) is 12.7. The molecule has 1 heterocycles. The van der Waals surface area contributed by atoms with E-state index in [9.17, 15) is 4.39 Å². The molecule has 1 aliphatic heterocycles. The van der Waals surface area contributed by atoms with Crippen LogP contribution in [0.2, 0.25) is 0 Å². The number of hydrogen-bond acceptors (Lipinski definition) is 2. The maximum Gasteiger partial charge on any atom is 0.126 e. The Bertz CT molecular complexity index is 610. The van der Waals surface area contributed by atoms with Crippen LogP contribution in [-0.4, -0.2) is 13.2 Å². The largest absolute Gasteiger partial charge is 0.493 e. The van der Waals surface area contributed by atoms with Crippen molar-refractivity contribution in [2.24, 2.45) is 0 Å². The number of para-hydroxylation sites is 1. The molecule has 0 radical (unpaired) electrons. The van der Waals surface area contributed by atoms with Gasteiger partial charge in [0.1, 0.15) is 17.3 Å². The zero-order chi connectivity index (χ0) is 13.9. The van der Waals surface area contributed by atoms with Crippen molar-refractivity contribution in [3.05, 3.63) is 59.4 Å².